The second-order valence-electron chi connectivity index (χ2n) is 4.90. The van der Waals surface area contributed by atoms with Gasteiger partial charge in [-0.15, -0.1) is 0 Å². The summed E-state index contributed by atoms with van der Waals surface area (Å²) in [6.07, 6.45) is 13.2. The van der Waals surface area contributed by atoms with Gasteiger partial charge in [-0.05, 0) is 12.8 Å². The minimum atomic E-state index is -0.1000. The van der Waals surface area contributed by atoms with Gasteiger partial charge < -0.3 is 4.74 Å². The normalized spacial score (nSPS) is 12.9. The summed E-state index contributed by atoms with van der Waals surface area (Å²) >= 11 is 0. The van der Waals surface area contributed by atoms with Crippen LogP contribution >= 0.6 is 0 Å². The Balaban J connectivity index is 3.34. The molecule has 0 heterocycles. The first-order chi connectivity index (χ1) is 8.35. The molecule has 0 fully saturated rings. The summed E-state index contributed by atoms with van der Waals surface area (Å²) in [5.74, 6) is 0. The lowest BCUT2D eigenvalue weighted by Crippen LogP contribution is -2.14. The van der Waals surface area contributed by atoms with Crippen molar-refractivity contribution in [3.63, 3.8) is 0 Å². The van der Waals surface area contributed by atoms with Gasteiger partial charge in [0.1, 0.15) is 6.61 Å². The molecule has 0 aliphatic heterocycles. The summed E-state index contributed by atoms with van der Waals surface area (Å²) in [7, 11) is 0. The largest absolute Gasteiger partial charge is 0.376 e. The maximum absolute atomic E-state index is 10.4. The Labute approximate surface area is 108 Å². The second kappa shape index (κ2) is 14.0. The van der Waals surface area contributed by atoms with Crippen molar-refractivity contribution in [1.29, 1.82) is 0 Å². The first kappa shape index (κ1) is 16.9. The molecule has 0 spiro atoms. The van der Waals surface area contributed by atoms with Crippen molar-refractivity contribution in [2.45, 2.75) is 84.2 Å². The first-order valence-electron chi connectivity index (χ1n) is 7.54. The molecule has 0 bridgehead atoms. The molecule has 0 aliphatic rings. The van der Waals surface area contributed by atoms with E-state index in [1.165, 1.54) is 44.9 Å². The van der Waals surface area contributed by atoms with Crippen LogP contribution in [0, 0.1) is 0 Å². The van der Waals surface area contributed by atoms with E-state index in [2.05, 4.69) is 13.8 Å². The van der Waals surface area contributed by atoms with Crippen LogP contribution in [0.3, 0.4) is 0 Å². The minimum Gasteiger partial charge on any atom is -0.376 e. The predicted octanol–water partition coefficient (Wildman–Crippen LogP) is 4.74. The molecular formula is C15H31O2. The molecule has 1 radical (unpaired) electrons. The summed E-state index contributed by atoms with van der Waals surface area (Å²) in [5.41, 5.74) is 0. The Bertz CT molecular complexity index is 137. The Kier molecular flexibility index (Phi) is 13.9. The smallest absolute Gasteiger partial charge is 0.106 e. The molecule has 2 heteroatoms. The van der Waals surface area contributed by atoms with Crippen molar-refractivity contribution in [2.75, 3.05) is 13.2 Å². The van der Waals surface area contributed by atoms with Crippen LogP contribution < -0.4 is 0 Å². The number of unbranched alkanes of at least 4 members (excludes halogenated alkanes) is 6. The van der Waals surface area contributed by atoms with Crippen molar-refractivity contribution in [1.82, 2.24) is 0 Å². The fraction of sp³-hybridized carbons (Fsp3) is 1.00. The number of hydrogen-bond donors (Lipinski definition) is 0. The van der Waals surface area contributed by atoms with Gasteiger partial charge in [0.2, 0.25) is 0 Å². The summed E-state index contributed by atoms with van der Waals surface area (Å²) < 4.78 is 5.56. The number of rotatable bonds is 13. The molecule has 0 aromatic rings. The number of ether oxygens (including phenoxy) is 1. The Hall–Kier alpha value is -0.0800. The van der Waals surface area contributed by atoms with E-state index in [-0.39, 0.29) is 6.61 Å². The van der Waals surface area contributed by atoms with E-state index < -0.39 is 0 Å². The third-order valence-electron chi connectivity index (χ3n) is 3.18. The molecule has 0 rings (SSSR count). The molecule has 2 nitrogen and oxygen atoms in total. The Morgan fingerprint density at radius 1 is 0.824 bits per heavy atom. The summed E-state index contributed by atoms with van der Waals surface area (Å²) in [6.45, 7) is 4.72. The van der Waals surface area contributed by atoms with Crippen LogP contribution in [0.4, 0.5) is 0 Å². The molecule has 1 unspecified atom stereocenters. The summed E-state index contributed by atoms with van der Waals surface area (Å²) in [4.78, 5) is 0. The highest BCUT2D eigenvalue weighted by Crippen LogP contribution is 2.14. The first-order valence-corrected chi connectivity index (χ1v) is 7.54. The van der Waals surface area contributed by atoms with Crippen LogP contribution in [-0.2, 0) is 9.84 Å². The van der Waals surface area contributed by atoms with Crippen molar-refractivity contribution < 1.29 is 9.84 Å². The zero-order chi connectivity index (χ0) is 12.8. The van der Waals surface area contributed by atoms with Gasteiger partial charge in [0.25, 0.3) is 0 Å². The quantitative estimate of drug-likeness (QED) is 0.429. The van der Waals surface area contributed by atoms with E-state index in [9.17, 15) is 5.11 Å². The van der Waals surface area contributed by atoms with Gasteiger partial charge in [-0.2, -0.15) is 0 Å². The van der Waals surface area contributed by atoms with Crippen molar-refractivity contribution in [3.8, 4) is 0 Å². The number of hydrogen-bond acceptors (Lipinski definition) is 1. The lowest BCUT2D eigenvalue weighted by molar-refractivity contribution is 0.00301. The van der Waals surface area contributed by atoms with Crippen LogP contribution in [0.1, 0.15) is 78.1 Å². The van der Waals surface area contributed by atoms with Crippen LogP contribution in [0.2, 0.25) is 0 Å². The van der Waals surface area contributed by atoms with Gasteiger partial charge in [-0.3, -0.25) is 0 Å². The molecule has 0 aromatic carbocycles. The molecule has 103 valence electrons. The predicted molar refractivity (Wildman–Crippen MR) is 72.8 cm³/mol. The molecule has 0 N–H and O–H groups in total. The van der Waals surface area contributed by atoms with Gasteiger partial charge in [0.15, 0.2) is 0 Å². The lowest BCUT2D eigenvalue weighted by Gasteiger charge is -2.16. The van der Waals surface area contributed by atoms with E-state index >= 15 is 0 Å². The van der Waals surface area contributed by atoms with E-state index in [1.54, 1.807) is 0 Å². The maximum Gasteiger partial charge on any atom is 0.106 e. The third-order valence-corrected chi connectivity index (χ3v) is 3.18. The molecule has 0 saturated heterocycles. The third kappa shape index (κ3) is 12.2. The molecular weight excluding hydrogens is 212 g/mol. The van der Waals surface area contributed by atoms with Crippen molar-refractivity contribution in [2.24, 2.45) is 0 Å². The fourth-order valence-electron chi connectivity index (χ4n) is 2.18. The van der Waals surface area contributed by atoms with Gasteiger partial charge in [-0.1, -0.05) is 65.2 Å². The topological polar surface area (TPSA) is 29.1 Å². The van der Waals surface area contributed by atoms with Crippen molar-refractivity contribution in [3.05, 3.63) is 0 Å². The van der Waals surface area contributed by atoms with Gasteiger partial charge >= 0.3 is 0 Å². The average Bonchev–Trinajstić information content (AvgIpc) is 2.34. The van der Waals surface area contributed by atoms with Crippen LogP contribution in [0.5, 0.6) is 0 Å². The monoisotopic (exact) mass is 243 g/mol. The summed E-state index contributed by atoms with van der Waals surface area (Å²) in [5, 5.41) is 10.4. The maximum atomic E-state index is 10.4. The van der Waals surface area contributed by atoms with E-state index in [1.807, 2.05) is 0 Å². The molecule has 1 atom stereocenters. The Morgan fingerprint density at radius 3 is 2.06 bits per heavy atom. The average molecular weight is 243 g/mol. The van der Waals surface area contributed by atoms with Crippen molar-refractivity contribution >= 4 is 0 Å². The standard InChI is InChI=1S/C15H31O2/c1-3-5-6-7-8-9-10-12-15(11-4-2)17-14-13-16/h15H,3-14H2,1-2H3. The minimum absolute atomic E-state index is 0.1000. The fourth-order valence-corrected chi connectivity index (χ4v) is 2.18. The van der Waals surface area contributed by atoms with Crippen LogP contribution in [0.15, 0.2) is 0 Å². The van der Waals surface area contributed by atoms with Crippen LogP contribution in [-0.4, -0.2) is 19.3 Å². The molecule has 0 aromatic heterocycles. The van der Waals surface area contributed by atoms with Gasteiger partial charge in [-0.25, -0.2) is 5.11 Å². The highest BCUT2D eigenvalue weighted by Gasteiger charge is 2.07. The molecule has 0 saturated carbocycles. The SMILES string of the molecule is CCCCCCCCCC(CCC)OCC[O]. The lowest BCUT2D eigenvalue weighted by atomic mass is 10.0. The Morgan fingerprint density at radius 2 is 1.47 bits per heavy atom. The van der Waals surface area contributed by atoms with Crippen LogP contribution in [0.25, 0.3) is 0 Å². The molecule has 17 heavy (non-hydrogen) atoms. The van der Waals surface area contributed by atoms with E-state index in [0.29, 0.717) is 12.7 Å². The van der Waals surface area contributed by atoms with Gasteiger partial charge in [0.05, 0.1) is 12.7 Å². The summed E-state index contributed by atoms with van der Waals surface area (Å²) in [6, 6.07) is 0. The molecule has 0 amide bonds. The highest BCUT2D eigenvalue weighted by molar-refractivity contribution is 4.58. The van der Waals surface area contributed by atoms with Gasteiger partial charge in [0, 0.05) is 0 Å². The van der Waals surface area contributed by atoms with E-state index in [4.69, 9.17) is 4.74 Å². The highest BCUT2D eigenvalue weighted by atomic mass is 16.5. The zero-order valence-corrected chi connectivity index (χ0v) is 11.9. The molecule has 0 aliphatic carbocycles. The second-order valence-corrected chi connectivity index (χ2v) is 4.90. The zero-order valence-electron chi connectivity index (χ0n) is 11.9. The van der Waals surface area contributed by atoms with E-state index in [0.717, 1.165) is 19.3 Å².